The number of carbonyl (C=O) groups is 12. The van der Waals surface area contributed by atoms with Gasteiger partial charge in [0.25, 0.3) is 47.3 Å². The van der Waals surface area contributed by atoms with Crippen LogP contribution < -0.4 is 0 Å². The van der Waals surface area contributed by atoms with Crippen molar-refractivity contribution in [3.8, 4) is 0 Å². The van der Waals surface area contributed by atoms with Gasteiger partial charge in [-0.3, -0.25) is 38.4 Å². The van der Waals surface area contributed by atoms with Crippen molar-refractivity contribution in [2.75, 3.05) is 0 Å². The molecule has 4 saturated heterocycles. The third kappa shape index (κ3) is 9.72. The first kappa shape index (κ1) is 34.9. The molecule has 0 unspecified atom stereocenters. The van der Waals surface area contributed by atoms with Crippen molar-refractivity contribution in [3.05, 3.63) is 0 Å². The van der Waals surface area contributed by atoms with E-state index in [1.165, 1.54) is 0 Å². The van der Waals surface area contributed by atoms with Gasteiger partial charge in [-0.2, -0.15) is 0 Å². The molecule has 4 rings (SSSR count). The van der Waals surface area contributed by atoms with Gasteiger partial charge in [-0.25, -0.2) is 19.2 Å². The van der Waals surface area contributed by atoms with Crippen molar-refractivity contribution >= 4 is 71.1 Å². The van der Waals surface area contributed by atoms with E-state index in [1.807, 2.05) is 0 Å². The van der Waals surface area contributed by atoms with Crippen molar-refractivity contribution in [3.63, 3.8) is 0 Å². The third-order valence-corrected chi connectivity index (χ3v) is 6.32. The molecular weight excluding hydrogens is 624 g/mol. The molecule has 248 valence electrons. The predicted octanol–water partition coefficient (Wildman–Crippen LogP) is -1.26. The van der Waals surface area contributed by atoms with Crippen LogP contribution in [0.3, 0.4) is 0 Å². The molecule has 0 aliphatic carbocycles. The van der Waals surface area contributed by atoms with E-state index in [4.69, 9.17) is 0 Å². The van der Waals surface area contributed by atoms with Crippen molar-refractivity contribution in [2.24, 2.45) is 0 Å². The molecule has 4 aliphatic heterocycles. The first-order chi connectivity index (χ1) is 21.8. The number of hydrogen-bond acceptors (Lipinski definition) is 16. The largest absolute Gasteiger partial charge is 0.333 e. The van der Waals surface area contributed by atoms with Gasteiger partial charge in [0.15, 0.2) is 0 Å². The van der Waals surface area contributed by atoms with Crippen LogP contribution in [-0.2, 0) is 76.9 Å². The van der Waals surface area contributed by atoms with Gasteiger partial charge in [-0.05, 0) is 12.8 Å². The number of rotatable bonds is 12. The summed E-state index contributed by atoms with van der Waals surface area (Å²) < 4.78 is 0. The Balaban J connectivity index is 0.000000250. The van der Waals surface area contributed by atoms with Crippen LogP contribution in [0, 0.1) is 0 Å². The minimum atomic E-state index is -0.838. The summed E-state index contributed by atoms with van der Waals surface area (Å²) in [5.41, 5.74) is 0. The van der Waals surface area contributed by atoms with Crippen LogP contribution >= 0.6 is 0 Å². The van der Waals surface area contributed by atoms with Crippen molar-refractivity contribution in [1.29, 1.82) is 0 Å². The molecule has 0 spiro atoms. The summed E-state index contributed by atoms with van der Waals surface area (Å²) >= 11 is 0. The second-order valence-corrected chi connectivity index (χ2v) is 9.89. The SMILES string of the molecule is O=C(CCCC(=O)ON1C(=O)CCC1=O)ON1C(=O)CCC1=O.O=C(CCCC(=O)ON1C(=O)CCC1=O)ON1C(=O)CCC1=O. The van der Waals surface area contributed by atoms with Gasteiger partial charge in [0, 0.05) is 77.0 Å². The van der Waals surface area contributed by atoms with Gasteiger partial charge in [-0.1, -0.05) is 0 Å². The predicted molar refractivity (Wildman–Crippen MR) is 136 cm³/mol. The van der Waals surface area contributed by atoms with Gasteiger partial charge in [0.1, 0.15) is 0 Å². The van der Waals surface area contributed by atoms with E-state index in [2.05, 4.69) is 19.4 Å². The maximum atomic E-state index is 11.5. The van der Waals surface area contributed by atoms with E-state index >= 15 is 0 Å². The molecule has 0 N–H and O–H groups in total. The molecule has 46 heavy (non-hydrogen) atoms. The lowest BCUT2D eigenvalue weighted by Crippen LogP contribution is -2.32. The monoisotopic (exact) mass is 652 g/mol. The molecule has 0 atom stereocenters. The number of hydrogen-bond donors (Lipinski definition) is 0. The van der Waals surface area contributed by atoms with Gasteiger partial charge < -0.3 is 19.4 Å². The molecule has 0 saturated carbocycles. The van der Waals surface area contributed by atoms with Crippen LogP contribution in [-0.4, -0.2) is 91.4 Å². The van der Waals surface area contributed by atoms with Crippen LogP contribution in [0.4, 0.5) is 0 Å². The van der Waals surface area contributed by atoms with Crippen LogP contribution in [0.25, 0.3) is 0 Å². The summed E-state index contributed by atoms with van der Waals surface area (Å²) in [7, 11) is 0. The average molecular weight is 653 g/mol. The fraction of sp³-hybridized carbons (Fsp3) is 0.538. The zero-order valence-corrected chi connectivity index (χ0v) is 24.2. The quantitative estimate of drug-likeness (QED) is 0.223. The fourth-order valence-corrected chi connectivity index (χ4v) is 3.98. The molecule has 0 radical (unpaired) electrons. The van der Waals surface area contributed by atoms with Crippen molar-refractivity contribution < 1.29 is 76.9 Å². The number of amides is 8. The number of nitrogens with zero attached hydrogens (tertiary/aromatic N) is 4. The van der Waals surface area contributed by atoms with Gasteiger partial charge in [0.05, 0.1) is 0 Å². The molecule has 20 heteroatoms. The first-order valence-corrected chi connectivity index (χ1v) is 14.0. The molecule has 0 aromatic rings. The lowest BCUT2D eigenvalue weighted by atomic mass is 10.2. The Morgan fingerprint density at radius 1 is 0.348 bits per heavy atom. The van der Waals surface area contributed by atoms with Crippen LogP contribution in [0.2, 0.25) is 0 Å². The maximum Gasteiger partial charge on any atom is 0.333 e. The Labute approximate surface area is 258 Å². The van der Waals surface area contributed by atoms with E-state index in [0.29, 0.717) is 20.3 Å². The lowest BCUT2D eigenvalue weighted by molar-refractivity contribution is -0.199. The molecule has 4 fully saturated rings. The smallest absolute Gasteiger partial charge is 0.330 e. The molecular formula is C26H28N4O16. The second-order valence-electron chi connectivity index (χ2n) is 9.89. The molecule has 4 heterocycles. The summed E-state index contributed by atoms with van der Waals surface area (Å²) in [5, 5.41) is 1.68. The first-order valence-electron chi connectivity index (χ1n) is 14.0. The number of hydroxylamine groups is 8. The van der Waals surface area contributed by atoms with Crippen LogP contribution in [0.5, 0.6) is 0 Å². The van der Waals surface area contributed by atoms with E-state index in [9.17, 15) is 57.5 Å². The number of carbonyl (C=O) groups excluding carboxylic acids is 12. The molecule has 0 aromatic heterocycles. The van der Waals surface area contributed by atoms with Gasteiger partial charge in [0.2, 0.25) is 0 Å². The molecule has 0 bridgehead atoms. The normalized spacial score (nSPS) is 17.9. The van der Waals surface area contributed by atoms with E-state index in [1.54, 1.807) is 0 Å². The van der Waals surface area contributed by atoms with Crippen molar-refractivity contribution in [2.45, 2.75) is 89.9 Å². The summed E-state index contributed by atoms with van der Waals surface area (Å²) in [6.45, 7) is 0. The second kappa shape index (κ2) is 16.0. The minimum absolute atomic E-state index is 0.00364. The summed E-state index contributed by atoms with van der Waals surface area (Å²) in [6, 6.07) is 0. The lowest BCUT2D eigenvalue weighted by Gasteiger charge is -2.13. The highest BCUT2D eigenvalue weighted by Crippen LogP contribution is 2.17. The Morgan fingerprint density at radius 3 is 0.652 bits per heavy atom. The Kier molecular flexibility index (Phi) is 12.1. The highest BCUT2D eigenvalue weighted by Gasteiger charge is 2.35. The van der Waals surface area contributed by atoms with E-state index in [-0.39, 0.29) is 89.9 Å². The molecule has 4 aliphatic rings. The Morgan fingerprint density at radius 2 is 0.500 bits per heavy atom. The van der Waals surface area contributed by atoms with Crippen molar-refractivity contribution in [1.82, 2.24) is 20.3 Å². The third-order valence-electron chi connectivity index (χ3n) is 6.32. The standard InChI is InChI=1S/2C13H14N2O8/c2*16-8-4-5-9(17)14(8)22-12(20)2-1-3-13(21)23-15-10(18)6-7-11(15)19/h2*1-7H2. The van der Waals surface area contributed by atoms with E-state index in [0.717, 1.165) is 0 Å². The molecule has 8 amide bonds. The summed E-state index contributed by atoms with van der Waals surface area (Å²) in [6.07, 6.45) is -0.906. The van der Waals surface area contributed by atoms with E-state index < -0.39 is 71.1 Å². The Bertz CT molecular complexity index is 1110. The summed E-state index contributed by atoms with van der Waals surface area (Å²) in [5.74, 6) is -8.07. The topological polar surface area (TPSA) is 255 Å². The fourth-order valence-electron chi connectivity index (χ4n) is 3.98. The molecule has 20 nitrogen and oxygen atoms in total. The van der Waals surface area contributed by atoms with Crippen LogP contribution in [0.1, 0.15) is 89.9 Å². The maximum absolute atomic E-state index is 11.5. The highest BCUT2D eigenvalue weighted by atomic mass is 16.7. The Hall–Kier alpha value is -5.56. The summed E-state index contributed by atoms with van der Waals surface area (Å²) in [4.78, 5) is 154. The van der Waals surface area contributed by atoms with Crippen LogP contribution in [0.15, 0.2) is 0 Å². The van der Waals surface area contributed by atoms with Gasteiger partial charge in [-0.15, -0.1) is 20.3 Å². The average Bonchev–Trinajstić information content (AvgIpc) is 3.70. The molecule has 0 aromatic carbocycles. The highest BCUT2D eigenvalue weighted by molar-refractivity contribution is 6.03. The van der Waals surface area contributed by atoms with Gasteiger partial charge >= 0.3 is 23.9 Å². The minimum Gasteiger partial charge on any atom is -0.330 e. The zero-order chi connectivity index (χ0) is 34.0. The zero-order valence-electron chi connectivity index (χ0n) is 24.2. The number of imide groups is 4.